The molecule has 0 aromatic carbocycles. The summed E-state index contributed by atoms with van der Waals surface area (Å²) in [5, 5.41) is 16.5. The number of thiazole rings is 1. The van der Waals surface area contributed by atoms with Crippen molar-refractivity contribution in [1.82, 2.24) is 35.3 Å². The van der Waals surface area contributed by atoms with Crippen LogP contribution in [0.1, 0.15) is 47.0 Å². The second-order valence-corrected chi connectivity index (χ2v) is 8.58. The molecule has 1 fully saturated rings. The van der Waals surface area contributed by atoms with Crippen LogP contribution in [0, 0.1) is 20.8 Å². The number of aliphatic imine (C=N–C) groups is 1. The Morgan fingerprint density at radius 2 is 2.03 bits per heavy atom. The molecule has 1 saturated heterocycles. The van der Waals surface area contributed by atoms with E-state index in [9.17, 15) is 0 Å². The molecule has 0 aliphatic carbocycles. The average Bonchev–Trinajstić information content (AvgIpc) is 3.35. The number of halogens is 1. The van der Waals surface area contributed by atoms with E-state index in [2.05, 4.69) is 44.6 Å². The highest BCUT2D eigenvalue weighted by atomic mass is 127. The summed E-state index contributed by atoms with van der Waals surface area (Å²) < 4.78 is 1.98. The van der Waals surface area contributed by atoms with E-state index in [1.807, 2.05) is 25.5 Å². The van der Waals surface area contributed by atoms with Crippen molar-refractivity contribution in [2.24, 2.45) is 12.0 Å². The Balaban J connectivity index is 0.00000300. The Hall–Kier alpha value is -1.27. The Labute approximate surface area is 194 Å². The first kappa shape index (κ1) is 24.0. The number of nitrogens with zero attached hydrogens (tertiary/aromatic N) is 6. The molecule has 1 atom stereocenters. The first-order valence-corrected chi connectivity index (χ1v) is 10.8. The van der Waals surface area contributed by atoms with Crippen molar-refractivity contribution < 1.29 is 0 Å². The normalized spacial score (nSPS) is 17.4. The lowest BCUT2D eigenvalue weighted by atomic mass is 10.2. The van der Waals surface area contributed by atoms with Gasteiger partial charge in [-0.2, -0.15) is 0 Å². The van der Waals surface area contributed by atoms with E-state index in [1.165, 1.54) is 24.3 Å². The Morgan fingerprint density at radius 1 is 1.24 bits per heavy atom. The Bertz CT molecular complexity index is 815. The predicted molar refractivity (Wildman–Crippen MR) is 129 cm³/mol. The average molecular weight is 533 g/mol. The van der Waals surface area contributed by atoms with E-state index in [4.69, 9.17) is 4.99 Å². The summed E-state index contributed by atoms with van der Waals surface area (Å²) in [5.74, 6) is 2.57. The number of nitrogens with one attached hydrogen (secondary N) is 2. The standard InChI is InChI=1S/C19H32N8S.HI/c1-6-27-9-7-8-16(27)10-20-19(21-11-17-13(2)23-15(4)28-17)22-12-18-25-24-14(3)26(18)5;/h16H,6-12H2,1-5H3,(H2,20,21,22);1H. The lowest BCUT2D eigenvalue weighted by Gasteiger charge is -2.24. The van der Waals surface area contributed by atoms with Gasteiger partial charge >= 0.3 is 0 Å². The van der Waals surface area contributed by atoms with Crippen LogP contribution in [0.4, 0.5) is 0 Å². The summed E-state index contributed by atoms with van der Waals surface area (Å²) in [6, 6.07) is 0.571. The van der Waals surface area contributed by atoms with Crippen molar-refractivity contribution >= 4 is 41.3 Å². The molecule has 29 heavy (non-hydrogen) atoms. The van der Waals surface area contributed by atoms with E-state index < -0.39 is 0 Å². The molecule has 8 nitrogen and oxygen atoms in total. The molecule has 1 aliphatic rings. The summed E-state index contributed by atoms with van der Waals surface area (Å²) in [5.41, 5.74) is 1.09. The van der Waals surface area contributed by atoms with Crippen LogP contribution in [0.5, 0.6) is 0 Å². The number of hydrogen-bond donors (Lipinski definition) is 2. The van der Waals surface area contributed by atoms with Gasteiger partial charge in [-0.1, -0.05) is 6.92 Å². The fourth-order valence-corrected chi connectivity index (χ4v) is 4.45. The topological polar surface area (TPSA) is 83.3 Å². The number of guanidine groups is 1. The van der Waals surface area contributed by atoms with E-state index >= 15 is 0 Å². The monoisotopic (exact) mass is 532 g/mol. The van der Waals surface area contributed by atoms with Gasteiger partial charge in [0.2, 0.25) is 0 Å². The van der Waals surface area contributed by atoms with Crippen LogP contribution >= 0.6 is 35.3 Å². The highest BCUT2D eigenvalue weighted by Crippen LogP contribution is 2.17. The van der Waals surface area contributed by atoms with E-state index in [-0.39, 0.29) is 24.0 Å². The number of aryl methyl sites for hydroxylation is 3. The van der Waals surface area contributed by atoms with Gasteiger partial charge in [-0.15, -0.1) is 45.5 Å². The van der Waals surface area contributed by atoms with Gasteiger partial charge < -0.3 is 15.2 Å². The lowest BCUT2D eigenvalue weighted by Crippen LogP contribution is -2.44. The van der Waals surface area contributed by atoms with Crippen molar-refractivity contribution in [3.8, 4) is 0 Å². The van der Waals surface area contributed by atoms with E-state index in [1.54, 1.807) is 11.3 Å². The highest BCUT2D eigenvalue weighted by molar-refractivity contribution is 14.0. The molecule has 1 unspecified atom stereocenters. The lowest BCUT2D eigenvalue weighted by molar-refractivity contribution is 0.267. The fourth-order valence-electron chi connectivity index (χ4n) is 3.57. The molecule has 3 rings (SSSR count). The molecular formula is C19H33IN8S. The third-order valence-corrected chi connectivity index (χ3v) is 6.46. The zero-order chi connectivity index (χ0) is 20.1. The van der Waals surface area contributed by atoms with Crippen molar-refractivity contribution in [1.29, 1.82) is 0 Å². The fraction of sp³-hybridized carbons (Fsp3) is 0.684. The molecule has 2 aromatic rings. The number of rotatable bonds is 7. The van der Waals surface area contributed by atoms with Gasteiger partial charge in [0, 0.05) is 24.5 Å². The van der Waals surface area contributed by atoms with Gasteiger partial charge in [0.25, 0.3) is 0 Å². The maximum Gasteiger partial charge on any atom is 0.192 e. The summed E-state index contributed by atoms with van der Waals surface area (Å²) in [7, 11) is 1.97. The Morgan fingerprint density at radius 3 is 2.66 bits per heavy atom. The van der Waals surface area contributed by atoms with Gasteiger partial charge in [-0.25, -0.2) is 9.98 Å². The molecule has 2 aromatic heterocycles. The van der Waals surface area contributed by atoms with Crippen molar-refractivity contribution in [3.63, 3.8) is 0 Å². The zero-order valence-corrected chi connectivity index (χ0v) is 21.2. The third kappa shape index (κ3) is 6.35. The molecule has 2 N–H and O–H groups in total. The van der Waals surface area contributed by atoms with Crippen LogP contribution < -0.4 is 10.6 Å². The maximum absolute atomic E-state index is 4.77. The SMILES string of the molecule is CCN1CCCC1CNC(=NCc1nnc(C)n1C)NCc1sc(C)nc1C.I. The molecule has 10 heteroatoms. The smallest absolute Gasteiger partial charge is 0.192 e. The summed E-state index contributed by atoms with van der Waals surface area (Å²) in [6.45, 7) is 12.7. The first-order valence-electron chi connectivity index (χ1n) is 10.0. The van der Waals surface area contributed by atoms with Crippen molar-refractivity contribution in [3.05, 3.63) is 27.2 Å². The van der Waals surface area contributed by atoms with Crippen LogP contribution in [0.2, 0.25) is 0 Å². The van der Waals surface area contributed by atoms with E-state index in [0.717, 1.165) is 47.9 Å². The third-order valence-electron chi connectivity index (χ3n) is 5.39. The largest absolute Gasteiger partial charge is 0.355 e. The van der Waals surface area contributed by atoms with Gasteiger partial charge in [0.1, 0.15) is 12.4 Å². The quantitative estimate of drug-likeness (QED) is 0.324. The van der Waals surface area contributed by atoms with Gasteiger partial charge in [0.15, 0.2) is 11.8 Å². The minimum absolute atomic E-state index is 0. The number of hydrogen-bond acceptors (Lipinski definition) is 6. The zero-order valence-electron chi connectivity index (χ0n) is 18.0. The van der Waals surface area contributed by atoms with Crippen LogP contribution in [0.15, 0.2) is 4.99 Å². The van der Waals surface area contributed by atoms with Crippen LogP contribution in [0.25, 0.3) is 0 Å². The Kier molecular flexibility index (Phi) is 9.28. The number of likely N-dealkylation sites (tertiary alicyclic amines) is 1. The van der Waals surface area contributed by atoms with Crippen LogP contribution in [0.3, 0.4) is 0 Å². The van der Waals surface area contributed by atoms with Gasteiger partial charge in [-0.05, 0) is 46.7 Å². The molecular weight excluding hydrogens is 499 g/mol. The molecule has 0 saturated carbocycles. The molecule has 3 heterocycles. The van der Waals surface area contributed by atoms with Gasteiger partial charge in [0.05, 0.1) is 17.2 Å². The minimum Gasteiger partial charge on any atom is -0.355 e. The summed E-state index contributed by atoms with van der Waals surface area (Å²) in [6.07, 6.45) is 2.52. The molecule has 0 bridgehead atoms. The summed E-state index contributed by atoms with van der Waals surface area (Å²) >= 11 is 1.73. The highest BCUT2D eigenvalue weighted by Gasteiger charge is 2.22. The summed E-state index contributed by atoms with van der Waals surface area (Å²) in [4.78, 5) is 13.1. The van der Waals surface area contributed by atoms with Gasteiger partial charge in [-0.3, -0.25) is 4.90 Å². The van der Waals surface area contributed by atoms with Crippen LogP contribution in [-0.4, -0.2) is 56.3 Å². The predicted octanol–water partition coefficient (Wildman–Crippen LogP) is 2.53. The van der Waals surface area contributed by atoms with Crippen LogP contribution in [-0.2, 0) is 20.1 Å². The molecule has 0 amide bonds. The van der Waals surface area contributed by atoms with Crippen molar-refractivity contribution in [2.45, 2.75) is 59.7 Å². The second-order valence-electron chi connectivity index (χ2n) is 7.29. The first-order chi connectivity index (χ1) is 13.5. The molecule has 162 valence electrons. The number of aromatic nitrogens is 4. The maximum atomic E-state index is 4.77. The minimum atomic E-state index is 0. The molecule has 0 spiro atoms. The van der Waals surface area contributed by atoms with Crippen molar-refractivity contribution in [2.75, 3.05) is 19.6 Å². The molecule has 0 radical (unpaired) electrons. The second kappa shape index (κ2) is 11.2. The molecule has 1 aliphatic heterocycles. The van der Waals surface area contributed by atoms with E-state index in [0.29, 0.717) is 12.6 Å². The number of likely N-dealkylation sites (N-methyl/N-ethyl adjacent to an activating group) is 1.